The summed E-state index contributed by atoms with van der Waals surface area (Å²) >= 11 is 0. The second kappa shape index (κ2) is 8.12. The van der Waals surface area contributed by atoms with Crippen LogP contribution in [0.25, 0.3) is 0 Å². The van der Waals surface area contributed by atoms with Crippen LogP contribution in [-0.2, 0) is 8.85 Å². The average molecular weight is 313 g/mol. The maximum absolute atomic E-state index is 6.15. The number of hydrogen-bond donors (Lipinski definition) is 0. The Morgan fingerprint density at radius 2 is 1.10 bits per heavy atom. The Morgan fingerprint density at radius 3 is 1.38 bits per heavy atom. The molecule has 0 aliphatic heterocycles. The van der Waals surface area contributed by atoms with Crippen molar-refractivity contribution in [2.24, 2.45) is 11.8 Å². The van der Waals surface area contributed by atoms with E-state index < -0.39 is 8.56 Å². The summed E-state index contributed by atoms with van der Waals surface area (Å²) in [6, 6.07) is 0. The van der Waals surface area contributed by atoms with Gasteiger partial charge in [0.2, 0.25) is 0 Å². The van der Waals surface area contributed by atoms with Crippen molar-refractivity contribution < 1.29 is 8.85 Å². The Labute approximate surface area is 133 Å². The maximum Gasteiger partial charge on any atom is 0.343 e. The van der Waals surface area contributed by atoms with E-state index in [-0.39, 0.29) is 0 Å². The molecule has 3 heteroatoms. The molecule has 2 fully saturated rings. The molecule has 0 aromatic heterocycles. The lowest BCUT2D eigenvalue weighted by Gasteiger charge is -2.39. The summed E-state index contributed by atoms with van der Waals surface area (Å²) in [5.41, 5.74) is 1.24. The van der Waals surface area contributed by atoms with E-state index in [1.165, 1.54) is 64.2 Å². The van der Waals surface area contributed by atoms with Crippen LogP contribution in [0, 0.1) is 11.8 Å². The summed E-state index contributed by atoms with van der Waals surface area (Å²) in [6.45, 7) is 4.81. The lowest BCUT2D eigenvalue weighted by Crippen LogP contribution is -2.48. The summed E-state index contributed by atoms with van der Waals surface area (Å²) in [7, 11) is 1.73. The van der Waals surface area contributed by atoms with Gasteiger partial charge in [0.1, 0.15) is 0 Å². The molecule has 0 saturated heterocycles. The lowest BCUT2D eigenvalue weighted by atomic mass is 10.0. The van der Waals surface area contributed by atoms with E-state index in [9.17, 15) is 0 Å². The van der Waals surface area contributed by atoms with E-state index in [1.807, 2.05) is 14.2 Å². The van der Waals surface area contributed by atoms with E-state index in [0.29, 0.717) is 11.1 Å². The first-order valence-electron chi connectivity index (χ1n) is 9.22. The van der Waals surface area contributed by atoms with Crippen LogP contribution >= 0.6 is 0 Å². The standard InChI is InChI=1S/C18H36O2Si/c1-15(13-17-9-5-6-10-17)21(19-3,20-4)16(2)14-18-11-7-8-12-18/h15-18H,5-14H2,1-4H3. The predicted molar refractivity (Wildman–Crippen MR) is 91.8 cm³/mol. The highest BCUT2D eigenvalue weighted by molar-refractivity contribution is 6.70. The van der Waals surface area contributed by atoms with Crippen molar-refractivity contribution in [3.05, 3.63) is 0 Å². The zero-order valence-electron chi connectivity index (χ0n) is 14.7. The average Bonchev–Trinajstić information content (AvgIpc) is 3.14. The molecule has 2 aliphatic carbocycles. The first-order chi connectivity index (χ1) is 10.1. The molecule has 0 radical (unpaired) electrons. The van der Waals surface area contributed by atoms with Crippen LogP contribution in [-0.4, -0.2) is 22.8 Å². The van der Waals surface area contributed by atoms with Crippen LogP contribution in [0.15, 0.2) is 0 Å². The predicted octanol–water partition coefficient (Wildman–Crippen LogP) is 5.66. The molecule has 0 aromatic carbocycles. The molecule has 2 atom stereocenters. The second-order valence-corrected chi connectivity index (χ2v) is 11.9. The quantitative estimate of drug-likeness (QED) is 0.538. The van der Waals surface area contributed by atoms with E-state index in [1.54, 1.807) is 0 Å². The van der Waals surface area contributed by atoms with Gasteiger partial charge in [0, 0.05) is 25.3 Å². The zero-order chi connectivity index (χ0) is 15.3. The largest absolute Gasteiger partial charge is 0.397 e. The van der Waals surface area contributed by atoms with Crippen LogP contribution in [0.5, 0.6) is 0 Å². The van der Waals surface area contributed by atoms with Crippen LogP contribution in [0.2, 0.25) is 11.1 Å². The fourth-order valence-electron chi connectivity index (χ4n) is 5.19. The lowest BCUT2D eigenvalue weighted by molar-refractivity contribution is 0.206. The fourth-order valence-corrected chi connectivity index (χ4v) is 9.27. The molecule has 0 amide bonds. The topological polar surface area (TPSA) is 18.5 Å². The Kier molecular flexibility index (Phi) is 6.76. The van der Waals surface area contributed by atoms with Crippen molar-refractivity contribution >= 4 is 8.56 Å². The molecule has 2 rings (SSSR count). The molecule has 124 valence electrons. The molecule has 2 nitrogen and oxygen atoms in total. The smallest absolute Gasteiger partial charge is 0.343 e. The molecule has 0 N–H and O–H groups in total. The summed E-state index contributed by atoms with van der Waals surface area (Å²) in [6.07, 6.45) is 14.1. The molecule has 21 heavy (non-hydrogen) atoms. The summed E-state index contributed by atoms with van der Waals surface area (Å²) in [5.74, 6) is 1.85. The summed E-state index contributed by atoms with van der Waals surface area (Å²) in [5, 5.41) is 0. The molecular formula is C18H36O2Si. The van der Waals surface area contributed by atoms with E-state index >= 15 is 0 Å². The number of hydrogen-bond acceptors (Lipinski definition) is 2. The Morgan fingerprint density at radius 1 is 0.762 bits per heavy atom. The Balaban J connectivity index is 1.98. The van der Waals surface area contributed by atoms with E-state index in [4.69, 9.17) is 8.85 Å². The molecule has 2 saturated carbocycles. The fraction of sp³-hybridized carbons (Fsp3) is 1.00. The van der Waals surface area contributed by atoms with Crippen molar-refractivity contribution in [3.63, 3.8) is 0 Å². The minimum absolute atomic E-state index is 0.618. The van der Waals surface area contributed by atoms with Gasteiger partial charge >= 0.3 is 8.56 Å². The summed E-state index contributed by atoms with van der Waals surface area (Å²) in [4.78, 5) is 0. The molecule has 0 spiro atoms. The first kappa shape index (κ1) is 17.5. The highest BCUT2D eigenvalue weighted by Crippen LogP contribution is 2.45. The highest BCUT2D eigenvalue weighted by atomic mass is 28.4. The third-order valence-corrected chi connectivity index (χ3v) is 10.8. The second-order valence-electron chi connectivity index (χ2n) is 7.70. The Bertz CT molecular complexity index is 266. The van der Waals surface area contributed by atoms with Gasteiger partial charge in [-0.3, -0.25) is 0 Å². The van der Waals surface area contributed by atoms with Crippen LogP contribution < -0.4 is 0 Å². The van der Waals surface area contributed by atoms with Gasteiger partial charge in [-0.1, -0.05) is 65.2 Å². The van der Waals surface area contributed by atoms with Gasteiger partial charge in [0.15, 0.2) is 0 Å². The van der Waals surface area contributed by atoms with Gasteiger partial charge in [0.05, 0.1) is 0 Å². The molecule has 2 unspecified atom stereocenters. The van der Waals surface area contributed by atoms with Crippen molar-refractivity contribution in [2.75, 3.05) is 14.2 Å². The number of rotatable bonds is 8. The van der Waals surface area contributed by atoms with Gasteiger partial charge in [-0.25, -0.2) is 0 Å². The van der Waals surface area contributed by atoms with Gasteiger partial charge in [-0.05, 0) is 24.7 Å². The third kappa shape index (κ3) is 4.11. The highest BCUT2D eigenvalue weighted by Gasteiger charge is 2.48. The normalized spacial score (nSPS) is 24.6. The molecular weight excluding hydrogens is 276 g/mol. The third-order valence-electron chi connectivity index (χ3n) is 6.34. The van der Waals surface area contributed by atoms with E-state index in [2.05, 4.69) is 13.8 Å². The molecule has 0 heterocycles. The van der Waals surface area contributed by atoms with Gasteiger partial charge in [0.25, 0.3) is 0 Å². The SMILES string of the molecule is CO[Si](OC)(C(C)CC1CCCC1)C(C)CC1CCCC1. The van der Waals surface area contributed by atoms with Gasteiger partial charge < -0.3 is 8.85 Å². The minimum atomic E-state index is -2.09. The summed E-state index contributed by atoms with van der Waals surface area (Å²) < 4.78 is 12.3. The van der Waals surface area contributed by atoms with Gasteiger partial charge in [-0.15, -0.1) is 0 Å². The van der Waals surface area contributed by atoms with Crippen LogP contribution in [0.3, 0.4) is 0 Å². The van der Waals surface area contributed by atoms with E-state index in [0.717, 1.165) is 11.8 Å². The van der Waals surface area contributed by atoms with Crippen molar-refractivity contribution in [2.45, 2.75) is 89.1 Å². The molecule has 2 aliphatic rings. The monoisotopic (exact) mass is 312 g/mol. The van der Waals surface area contributed by atoms with Crippen molar-refractivity contribution in [3.8, 4) is 0 Å². The van der Waals surface area contributed by atoms with Crippen LogP contribution in [0.1, 0.15) is 78.1 Å². The maximum atomic E-state index is 6.15. The van der Waals surface area contributed by atoms with Gasteiger partial charge in [-0.2, -0.15) is 0 Å². The van der Waals surface area contributed by atoms with Crippen molar-refractivity contribution in [1.29, 1.82) is 0 Å². The first-order valence-corrected chi connectivity index (χ1v) is 11.2. The minimum Gasteiger partial charge on any atom is -0.397 e. The Hall–Kier alpha value is 0.137. The molecule has 0 aromatic rings. The molecule has 0 bridgehead atoms. The van der Waals surface area contributed by atoms with Crippen LogP contribution in [0.4, 0.5) is 0 Å². The van der Waals surface area contributed by atoms with Crippen molar-refractivity contribution in [1.82, 2.24) is 0 Å². The zero-order valence-corrected chi connectivity index (χ0v) is 15.7.